The number of carbonyl (C=O) groups is 2. The molecule has 1 aromatic carbocycles. The summed E-state index contributed by atoms with van der Waals surface area (Å²) in [6, 6.07) is 6.67. The fourth-order valence-electron chi connectivity index (χ4n) is 1.17. The quantitative estimate of drug-likeness (QED) is 0.771. The smallest absolute Gasteiger partial charge is 0.332 e. The molecule has 3 N–H and O–H groups in total. The van der Waals surface area contributed by atoms with Gasteiger partial charge in [-0.15, -0.1) is 0 Å². The third-order valence-corrected chi connectivity index (χ3v) is 2.12. The number of primary amides is 1. The molecule has 0 unspecified atom stereocenters. The minimum Gasteiger partial charge on any atom is -0.479 e. The molecule has 5 heteroatoms. The van der Waals surface area contributed by atoms with E-state index in [1.54, 1.807) is 24.3 Å². The Bertz CT molecular complexity index is 403. The van der Waals surface area contributed by atoms with Crippen LogP contribution in [0.3, 0.4) is 0 Å². The van der Waals surface area contributed by atoms with Crippen LogP contribution in [-0.2, 0) is 16.1 Å². The molecule has 0 radical (unpaired) electrons. The Hall–Kier alpha value is -1.88. The Kier molecular flexibility index (Phi) is 4.02. The van der Waals surface area contributed by atoms with E-state index in [9.17, 15) is 9.59 Å². The lowest BCUT2D eigenvalue weighted by Crippen LogP contribution is -2.21. The van der Waals surface area contributed by atoms with Crippen LogP contribution in [0.5, 0.6) is 0 Å². The summed E-state index contributed by atoms with van der Waals surface area (Å²) in [4.78, 5) is 21.6. The van der Waals surface area contributed by atoms with Gasteiger partial charge in [-0.3, -0.25) is 4.79 Å². The van der Waals surface area contributed by atoms with Gasteiger partial charge in [0.15, 0.2) is 6.10 Å². The monoisotopic (exact) mass is 223 g/mol. The zero-order chi connectivity index (χ0) is 12.1. The summed E-state index contributed by atoms with van der Waals surface area (Å²) in [7, 11) is 0. The molecule has 0 aliphatic rings. The van der Waals surface area contributed by atoms with Crippen molar-refractivity contribution in [3.63, 3.8) is 0 Å². The van der Waals surface area contributed by atoms with Crippen molar-refractivity contribution in [2.75, 3.05) is 0 Å². The van der Waals surface area contributed by atoms with Crippen molar-refractivity contribution in [1.29, 1.82) is 0 Å². The lowest BCUT2D eigenvalue weighted by molar-refractivity contribution is -0.149. The van der Waals surface area contributed by atoms with Crippen LogP contribution in [0, 0.1) is 0 Å². The average Bonchev–Trinajstić information content (AvgIpc) is 2.25. The second-order valence-corrected chi connectivity index (χ2v) is 3.31. The number of aliphatic carboxylic acids is 1. The van der Waals surface area contributed by atoms with Gasteiger partial charge in [-0.2, -0.15) is 0 Å². The zero-order valence-electron chi connectivity index (χ0n) is 8.84. The maximum Gasteiger partial charge on any atom is 0.332 e. The first-order chi connectivity index (χ1) is 7.52. The second-order valence-electron chi connectivity index (χ2n) is 3.31. The molecule has 0 heterocycles. The molecule has 1 rings (SSSR count). The number of benzene rings is 1. The van der Waals surface area contributed by atoms with Crippen LogP contribution in [0.2, 0.25) is 0 Å². The minimum absolute atomic E-state index is 0.0482. The molecule has 1 atom stereocenters. The summed E-state index contributed by atoms with van der Waals surface area (Å²) in [5, 5.41) is 8.62. The highest BCUT2D eigenvalue weighted by atomic mass is 16.5. The van der Waals surface area contributed by atoms with E-state index < -0.39 is 18.0 Å². The molecule has 0 aliphatic carbocycles. The van der Waals surface area contributed by atoms with Gasteiger partial charge >= 0.3 is 5.97 Å². The van der Waals surface area contributed by atoms with Crippen LogP contribution in [0.25, 0.3) is 0 Å². The third-order valence-electron chi connectivity index (χ3n) is 2.12. The molecule has 5 nitrogen and oxygen atoms in total. The maximum atomic E-state index is 11.1. The number of rotatable bonds is 5. The number of nitrogens with two attached hydrogens (primary N) is 1. The number of hydrogen-bond donors (Lipinski definition) is 2. The molecule has 0 saturated heterocycles. The number of amides is 1. The van der Waals surface area contributed by atoms with Gasteiger partial charge in [0.2, 0.25) is 5.91 Å². The lowest BCUT2D eigenvalue weighted by Gasteiger charge is -2.10. The normalized spacial score (nSPS) is 12.1. The minimum atomic E-state index is -1.04. The predicted molar refractivity (Wildman–Crippen MR) is 56.8 cm³/mol. The first-order valence-electron chi connectivity index (χ1n) is 4.74. The second kappa shape index (κ2) is 5.27. The predicted octanol–water partition coefficient (Wildman–Crippen LogP) is 0.775. The Labute approximate surface area is 92.8 Å². The number of carboxylic acid groups (broad SMARTS) is 1. The van der Waals surface area contributed by atoms with Crippen molar-refractivity contribution in [2.45, 2.75) is 19.6 Å². The van der Waals surface area contributed by atoms with Crippen LogP contribution in [-0.4, -0.2) is 23.1 Å². The summed E-state index contributed by atoms with van der Waals surface area (Å²) >= 11 is 0. The molecule has 0 aromatic heterocycles. The van der Waals surface area contributed by atoms with E-state index in [1.807, 2.05) is 0 Å². The van der Waals surface area contributed by atoms with E-state index in [2.05, 4.69) is 0 Å². The standard InChI is InChI=1S/C11H13NO4/c1-7(11(14)15)16-6-8-4-2-3-5-9(8)10(12)13/h2-5,7H,6H2,1H3,(H2,12,13)(H,14,15)/t7-/m0/s1. The Morgan fingerprint density at radius 1 is 1.44 bits per heavy atom. The highest BCUT2D eigenvalue weighted by molar-refractivity contribution is 5.94. The molecular formula is C11H13NO4. The van der Waals surface area contributed by atoms with Crippen LogP contribution < -0.4 is 5.73 Å². The summed E-state index contributed by atoms with van der Waals surface area (Å²) in [6.45, 7) is 1.47. The van der Waals surface area contributed by atoms with Gasteiger partial charge in [-0.05, 0) is 18.6 Å². The average molecular weight is 223 g/mol. The topological polar surface area (TPSA) is 89.6 Å². The van der Waals surface area contributed by atoms with Gasteiger partial charge in [-0.25, -0.2) is 4.79 Å². The van der Waals surface area contributed by atoms with Crippen LogP contribution in [0.4, 0.5) is 0 Å². The molecule has 86 valence electrons. The van der Waals surface area contributed by atoms with E-state index in [1.165, 1.54) is 6.92 Å². The molecule has 0 aliphatic heterocycles. The van der Waals surface area contributed by atoms with E-state index >= 15 is 0 Å². The van der Waals surface area contributed by atoms with Crippen molar-refractivity contribution >= 4 is 11.9 Å². The number of carbonyl (C=O) groups excluding carboxylic acids is 1. The molecule has 16 heavy (non-hydrogen) atoms. The summed E-state index contributed by atoms with van der Waals surface area (Å²) in [5.74, 6) is -1.60. The van der Waals surface area contributed by atoms with Crippen LogP contribution in [0.15, 0.2) is 24.3 Å². The fourth-order valence-corrected chi connectivity index (χ4v) is 1.17. The fraction of sp³-hybridized carbons (Fsp3) is 0.273. The molecule has 1 aromatic rings. The van der Waals surface area contributed by atoms with Crippen molar-refractivity contribution in [1.82, 2.24) is 0 Å². The molecule has 1 amide bonds. The van der Waals surface area contributed by atoms with E-state index in [4.69, 9.17) is 15.6 Å². The van der Waals surface area contributed by atoms with Gasteiger partial charge < -0.3 is 15.6 Å². The SMILES string of the molecule is C[C@H](OCc1ccccc1C(N)=O)C(=O)O. The summed E-state index contributed by atoms with van der Waals surface area (Å²) in [6.07, 6.45) is -0.916. The Balaban J connectivity index is 2.74. The van der Waals surface area contributed by atoms with Gasteiger partial charge in [0, 0.05) is 5.56 Å². The van der Waals surface area contributed by atoms with E-state index in [0.717, 1.165) is 0 Å². The van der Waals surface area contributed by atoms with Crippen molar-refractivity contribution in [2.24, 2.45) is 5.73 Å². The molecule has 0 saturated carbocycles. The van der Waals surface area contributed by atoms with Crippen molar-refractivity contribution in [3.8, 4) is 0 Å². The van der Waals surface area contributed by atoms with Gasteiger partial charge in [-0.1, -0.05) is 18.2 Å². The highest BCUT2D eigenvalue weighted by Gasteiger charge is 2.13. The molecular weight excluding hydrogens is 210 g/mol. The first-order valence-corrected chi connectivity index (χ1v) is 4.74. The van der Waals surface area contributed by atoms with Crippen LogP contribution in [0.1, 0.15) is 22.8 Å². The first kappa shape index (κ1) is 12.2. The molecule has 0 fully saturated rings. The highest BCUT2D eigenvalue weighted by Crippen LogP contribution is 2.10. The van der Waals surface area contributed by atoms with Gasteiger partial charge in [0.25, 0.3) is 0 Å². The zero-order valence-corrected chi connectivity index (χ0v) is 8.84. The lowest BCUT2D eigenvalue weighted by atomic mass is 10.1. The Morgan fingerprint density at radius 3 is 2.62 bits per heavy atom. The van der Waals surface area contributed by atoms with Gasteiger partial charge in [0.05, 0.1) is 6.61 Å². The molecule has 0 bridgehead atoms. The Morgan fingerprint density at radius 2 is 2.06 bits per heavy atom. The number of ether oxygens (including phenoxy) is 1. The van der Waals surface area contributed by atoms with Crippen molar-refractivity contribution < 1.29 is 19.4 Å². The van der Waals surface area contributed by atoms with E-state index in [0.29, 0.717) is 11.1 Å². The van der Waals surface area contributed by atoms with Crippen molar-refractivity contribution in [3.05, 3.63) is 35.4 Å². The maximum absolute atomic E-state index is 11.1. The summed E-state index contributed by atoms with van der Waals surface area (Å²) in [5.41, 5.74) is 6.10. The molecule has 0 spiro atoms. The van der Waals surface area contributed by atoms with Gasteiger partial charge in [0.1, 0.15) is 0 Å². The number of hydrogen-bond acceptors (Lipinski definition) is 3. The van der Waals surface area contributed by atoms with E-state index in [-0.39, 0.29) is 6.61 Å². The largest absolute Gasteiger partial charge is 0.479 e. The third kappa shape index (κ3) is 3.06. The number of carboxylic acids is 1. The van der Waals surface area contributed by atoms with Crippen LogP contribution >= 0.6 is 0 Å². The summed E-state index contributed by atoms with van der Waals surface area (Å²) < 4.78 is 5.07.